The summed E-state index contributed by atoms with van der Waals surface area (Å²) in [4.78, 5) is 0. The van der Waals surface area contributed by atoms with Gasteiger partial charge in [0.05, 0.1) is 25.2 Å². The van der Waals surface area contributed by atoms with Gasteiger partial charge in [-0.1, -0.05) is 48.7 Å². The molecule has 3 aromatic rings. The van der Waals surface area contributed by atoms with Crippen molar-refractivity contribution < 1.29 is 14.9 Å². The van der Waals surface area contributed by atoms with Gasteiger partial charge in [0.2, 0.25) is 0 Å². The van der Waals surface area contributed by atoms with Crippen LogP contribution in [0.3, 0.4) is 0 Å². The van der Waals surface area contributed by atoms with Gasteiger partial charge in [0.15, 0.2) is 11.0 Å². The number of para-hydroxylation sites is 1. The Morgan fingerprint density at radius 2 is 1.89 bits per heavy atom. The molecule has 0 amide bonds. The van der Waals surface area contributed by atoms with Crippen LogP contribution in [0.15, 0.2) is 72.1 Å². The summed E-state index contributed by atoms with van der Waals surface area (Å²) in [5.41, 5.74) is 1.94. The zero-order valence-electron chi connectivity index (χ0n) is 15.4. The van der Waals surface area contributed by atoms with Crippen LogP contribution in [-0.4, -0.2) is 39.7 Å². The summed E-state index contributed by atoms with van der Waals surface area (Å²) in [5, 5.41) is 9.61. The smallest absolute Gasteiger partial charge is 0.196 e. The van der Waals surface area contributed by atoms with Gasteiger partial charge in [-0.3, -0.25) is 4.57 Å². The number of aromatic nitrogens is 3. The van der Waals surface area contributed by atoms with Crippen LogP contribution in [-0.2, 0) is 4.74 Å². The number of nitrogens with zero attached hydrogens (tertiary/aromatic N) is 3. The molecular formula is C20H23N3O3S. The molecule has 0 aliphatic rings. The highest BCUT2D eigenvalue weighted by Crippen LogP contribution is 2.30. The lowest BCUT2D eigenvalue weighted by Crippen LogP contribution is -2.01. The Hall–Kier alpha value is -2.77. The van der Waals surface area contributed by atoms with E-state index in [1.54, 1.807) is 18.9 Å². The average molecular weight is 385 g/mol. The lowest BCUT2D eigenvalue weighted by molar-refractivity contribution is 0.235. The second kappa shape index (κ2) is 9.80. The van der Waals surface area contributed by atoms with E-state index in [-0.39, 0.29) is 5.48 Å². The number of hydrogen-bond acceptors (Lipinski definition) is 5. The fourth-order valence-corrected chi connectivity index (χ4v) is 3.31. The molecule has 0 saturated heterocycles. The summed E-state index contributed by atoms with van der Waals surface area (Å²) in [6, 6.07) is 17.9. The third-order valence-corrected chi connectivity index (χ3v) is 4.68. The van der Waals surface area contributed by atoms with E-state index in [9.17, 15) is 0 Å². The Morgan fingerprint density at radius 3 is 2.59 bits per heavy atom. The zero-order chi connectivity index (χ0) is 18.4. The standard InChI is InChI=1S/C20H21N3O2S.H2O/c1-4-25-15(2)14-26-20-22-21-19(16-9-8-12-18(13-16)24-3)23(20)17-10-6-5-7-11-17;/h5-13H,2,4,14H2,1,3H3;1H2. The number of ether oxygens (including phenoxy) is 2. The van der Waals surface area contributed by atoms with Crippen LogP contribution in [0.4, 0.5) is 0 Å². The van der Waals surface area contributed by atoms with Gasteiger partial charge < -0.3 is 14.9 Å². The quantitative estimate of drug-likeness (QED) is 0.436. The molecule has 0 spiro atoms. The van der Waals surface area contributed by atoms with Gasteiger partial charge in [-0.05, 0) is 31.2 Å². The van der Waals surface area contributed by atoms with Gasteiger partial charge in [-0.2, -0.15) is 0 Å². The third-order valence-electron chi connectivity index (χ3n) is 3.69. The number of thioether (sulfide) groups is 1. The van der Waals surface area contributed by atoms with Crippen LogP contribution in [0.1, 0.15) is 6.92 Å². The minimum atomic E-state index is 0. The maximum absolute atomic E-state index is 5.44. The van der Waals surface area contributed by atoms with Crippen molar-refractivity contribution in [1.82, 2.24) is 14.8 Å². The minimum Gasteiger partial charge on any atom is -0.498 e. The Morgan fingerprint density at radius 1 is 1.11 bits per heavy atom. The average Bonchev–Trinajstić information content (AvgIpc) is 3.11. The summed E-state index contributed by atoms with van der Waals surface area (Å²) >= 11 is 1.55. The normalized spacial score (nSPS) is 10.1. The molecule has 0 aliphatic carbocycles. The highest BCUT2D eigenvalue weighted by molar-refractivity contribution is 7.99. The number of methoxy groups -OCH3 is 1. The summed E-state index contributed by atoms with van der Waals surface area (Å²) in [6.45, 7) is 6.49. The predicted octanol–water partition coefficient (Wildman–Crippen LogP) is 3.76. The molecule has 6 nitrogen and oxygen atoms in total. The lowest BCUT2D eigenvalue weighted by atomic mass is 10.2. The number of benzene rings is 2. The molecule has 1 heterocycles. The molecule has 0 fully saturated rings. The van der Waals surface area contributed by atoms with Gasteiger partial charge in [0.1, 0.15) is 5.75 Å². The molecule has 0 radical (unpaired) electrons. The maximum atomic E-state index is 5.44. The molecule has 0 aliphatic heterocycles. The SMILES string of the molecule is C=C(CSc1nnc(-c2cccc(OC)c2)n1-c1ccccc1)OCC.O. The molecule has 3 rings (SSSR count). The van der Waals surface area contributed by atoms with Crippen LogP contribution in [0, 0.1) is 0 Å². The van der Waals surface area contributed by atoms with E-state index in [1.165, 1.54) is 0 Å². The first kappa shape index (κ1) is 20.5. The first-order chi connectivity index (χ1) is 12.7. The predicted molar refractivity (Wildman–Crippen MR) is 108 cm³/mol. The van der Waals surface area contributed by atoms with Gasteiger partial charge in [-0.15, -0.1) is 10.2 Å². The van der Waals surface area contributed by atoms with Crippen LogP contribution in [0.5, 0.6) is 5.75 Å². The Labute approximate surface area is 163 Å². The van der Waals surface area contributed by atoms with Crippen molar-refractivity contribution in [3.63, 3.8) is 0 Å². The van der Waals surface area contributed by atoms with Gasteiger partial charge in [-0.25, -0.2) is 0 Å². The van der Waals surface area contributed by atoms with E-state index in [1.807, 2.05) is 66.1 Å². The monoisotopic (exact) mass is 385 g/mol. The molecule has 2 aromatic carbocycles. The Bertz CT molecular complexity index is 881. The van der Waals surface area contributed by atoms with Crippen LogP contribution in [0.2, 0.25) is 0 Å². The Kier molecular flexibility index (Phi) is 7.45. The minimum absolute atomic E-state index is 0. The number of hydrogen-bond donors (Lipinski definition) is 0. The highest BCUT2D eigenvalue weighted by Gasteiger charge is 2.17. The van der Waals surface area contributed by atoms with Crippen molar-refractivity contribution in [2.45, 2.75) is 12.1 Å². The van der Waals surface area contributed by atoms with E-state index < -0.39 is 0 Å². The van der Waals surface area contributed by atoms with Crippen LogP contribution in [0.25, 0.3) is 17.1 Å². The molecule has 0 bridgehead atoms. The van der Waals surface area contributed by atoms with E-state index in [0.717, 1.165) is 33.7 Å². The van der Waals surface area contributed by atoms with E-state index in [0.29, 0.717) is 12.4 Å². The second-order valence-corrected chi connectivity index (χ2v) is 6.41. The van der Waals surface area contributed by atoms with Crippen LogP contribution >= 0.6 is 11.8 Å². The fourth-order valence-electron chi connectivity index (χ4n) is 2.51. The molecular weight excluding hydrogens is 362 g/mol. The third kappa shape index (κ3) is 4.90. The molecule has 27 heavy (non-hydrogen) atoms. The van der Waals surface area contributed by atoms with Crippen molar-refractivity contribution in [3.8, 4) is 22.8 Å². The maximum Gasteiger partial charge on any atom is 0.196 e. The highest BCUT2D eigenvalue weighted by atomic mass is 32.2. The Balaban J connectivity index is 0.00000261. The van der Waals surface area contributed by atoms with E-state index in [2.05, 4.69) is 16.8 Å². The van der Waals surface area contributed by atoms with E-state index >= 15 is 0 Å². The molecule has 7 heteroatoms. The van der Waals surface area contributed by atoms with Crippen molar-refractivity contribution in [2.75, 3.05) is 19.5 Å². The van der Waals surface area contributed by atoms with Gasteiger partial charge >= 0.3 is 0 Å². The summed E-state index contributed by atoms with van der Waals surface area (Å²) < 4.78 is 12.8. The molecule has 2 N–H and O–H groups in total. The fraction of sp³-hybridized carbons (Fsp3) is 0.200. The summed E-state index contributed by atoms with van der Waals surface area (Å²) in [5.74, 6) is 2.89. The van der Waals surface area contributed by atoms with Crippen molar-refractivity contribution in [3.05, 3.63) is 66.9 Å². The molecule has 0 unspecified atom stereocenters. The zero-order valence-corrected chi connectivity index (χ0v) is 16.2. The summed E-state index contributed by atoms with van der Waals surface area (Å²) in [6.07, 6.45) is 0. The topological polar surface area (TPSA) is 80.7 Å². The van der Waals surface area contributed by atoms with Gasteiger partial charge in [0.25, 0.3) is 0 Å². The first-order valence-electron chi connectivity index (χ1n) is 8.31. The van der Waals surface area contributed by atoms with E-state index in [4.69, 9.17) is 9.47 Å². The number of rotatable bonds is 8. The first-order valence-corrected chi connectivity index (χ1v) is 9.30. The lowest BCUT2D eigenvalue weighted by Gasteiger charge is -2.11. The van der Waals surface area contributed by atoms with Crippen molar-refractivity contribution >= 4 is 11.8 Å². The largest absolute Gasteiger partial charge is 0.498 e. The van der Waals surface area contributed by atoms with Crippen LogP contribution < -0.4 is 4.74 Å². The molecule has 142 valence electrons. The van der Waals surface area contributed by atoms with Crippen molar-refractivity contribution in [2.24, 2.45) is 0 Å². The molecule has 0 saturated carbocycles. The summed E-state index contributed by atoms with van der Waals surface area (Å²) in [7, 11) is 1.65. The molecule has 1 aromatic heterocycles. The van der Waals surface area contributed by atoms with Gasteiger partial charge in [0, 0.05) is 11.3 Å². The van der Waals surface area contributed by atoms with Crippen molar-refractivity contribution in [1.29, 1.82) is 0 Å². The second-order valence-electron chi connectivity index (χ2n) is 5.47. The molecule has 0 atom stereocenters.